The largest absolute Gasteiger partial charge is 0.479 e. The Kier molecular flexibility index (Phi) is 49.5. The highest BCUT2D eigenvalue weighted by atomic mass is 35.5. The SMILES string of the molecule is COCC(=O)OC(C)C(=O)NC(CO)(CO)CO.COCC(=O)OC(C)C(=O)NC(COC(=O)C(Cl)Cl)(COC(=O)C(Cl)Cl)COC(=O)C(Cl)Cl.COCC(=O)OC(C)C(=O)O.NC(CO)(CO)CO.O=C(Cl)C(Cl)Cl. The number of carboxylic acids is 1. The highest BCUT2D eigenvalue weighted by Gasteiger charge is 2.41. The maximum Gasteiger partial charge on any atom is 0.344 e. The molecule has 3 atom stereocenters. The molecule has 0 bridgehead atoms. The molecule has 11 N–H and O–H groups in total. The Morgan fingerprint density at radius 1 is 0.461 bits per heavy atom. The first kappa shape index (κ1) is 81.9. The zero-order valence-electron chi connectivity index (χ0n) is 40.9. The molecule has 0 aliphatic carbocycles. The lowest BCUT2D eigenvalue weighted by atomic mass is 10.0. The molecule has 0 spiro atoms. The van der Waals surface area contributed by atoms with Gasteiger partial charge in [-0.05, 0) is 32.4 Å². The predicted molar refractivity (Wildman–Crippen MR) is 267 cm³/mol. The molecule has 0 aliphatic heterocycles. The lowest BCUT2D eigenvalue weighted by Gasteiger charge is -2.34. The number of hydrogen-bond acceptors (Lipinski definition) is 26. The van der Waals surface area contributed by atoms with Crippen LogP contribution in [0.2, 0.25) is 0 Å². The van der Waals surface area contributed by atoms with Crippen molar-refractivity contribution in [3.63, 3.8) is 0 Å². The van der Waals surface area contributed by atoms with Gasteiger partial charge in [-0.2, -0.15) is 0 Å². The van der Waals surface area contributed by atoms with E-state index in [-0.39, 0.29) is 13.2 Å². The van der Waals surface area contributed by atoms with Crippen molar-refractivity contribution >= 4 is 163 Å². The molecule has 0 heterocycles. The number of halogens is 9. The first-order valence-corrected chi connectivity index (χ1v) is 24.1. The first-order valence-electron chi connectivity index (χ1n) is 20.3. The summed E-state index contributed by atoms with van der Waals surface area (Å²) >= 11 is 47.1. The topological polar surface area (TPSA) is 445 Å². The van der Waals surface area contributed by atoms with Gasteiger partial charge in [0.25, 0.3) is 17.1 Å². The fraction of sp³-hybridized carbons (Fsp3) is 0.737. The number of nitrogens with one attached hydrogen (secondary N) is 2. The minimum atomic E-state index is -1.96. The van der Waals surface area contributed by atoms with Gasteiger partial charge in [0, 0.05) is 21.3 Å². The lowest BCUT2D eigenvalue weighted by molar-refractivity contribution is -0.165. The number of rotatable bonds is 30. The van der Waals surface area contributed by atoms with Crippen molar-refractivity contribution in [2.75, 3.05) is 101 Å². The Morgan fingerprint density at radius 2 is 0.711 bits per heavy atom. The van der Waals surface area contributed by atoms with E-state index < -0.39 is 179 Å². The third-order valence-electron chi connectivity index (χ3n) is 7.61. The number of hydrogen-bond donors (Lipinski definition) is 10. The van der Waals surface area contributed by atoms with Crippen LogP contribution in [0, 0.1) is 0 Å². The monoisotopic (exact) mass is 1290 g/mol. The number of esters is 6. The standard InChI is InChI=1S/C16H19Cl6NO10.C10H19NO7.C6H10O5.C4H11NO3.C2HCl3O/c1-7(33-8(24)3-29-2)12(25)23-16(4-30-13(26)9(17)18,5-31-14(27)10(19)20)6-32-15(28)11(21)22;1-7(18-8(15)3-17-2)9(16)11-10(4-12,5-13)6-14;1-4(6(8)9)11-5(7)3-10-2;5-4(1-6,2-7)3-8;3-1(4)2(5)6/h7,9-11H,3-6H2,1-2H3,(H,23,25);7,12-14H,3-6H2,1-2H3,(H,11,16);4H,3H2,1-2H3,(H,8,9);6-8H,1-3,5H2;1H. The van der Waals surface area contributed by atoms with Gasteiger partial charge in [0.05, 0.1) is 45.2 Å². The molecule has 29 nitrogen and oxygen atoms in total. The molecule has 0 fully saturated rings. The summed E-state index contributed by atoms with van der Waals surface area (Å²) < 4.78 is 42.2. The molecule has 76 heavy (non-hydrogen) atoms. The van der Waals surface area contributed by atoms with Crippen molar-refractivity contribution in [1.29, 1.82) is 0 Å². The van der Waals surface area contributed by atoms with E-state index in [1.54, 1.807) is 0 Å². The van der Waals surface area contributed by atoms with Crippen LogP contribution in [0.3, 0.4) is 0 Å². The summed E-state index contributed by atoms with van der Waals surface area (Å²) in [6.45, 7) is -2.70. The van der Waals surface area contributed by atoms with Crippen LogP contribution in [-0.2, 0) is 90.6 Å². The van der Waals surface area contributed by atoms with E-state index in [1.165, 1.54) is 42.1 Å². The highest BCUT2D eigenvalue weighted by Crippen LogP contribution is 2.17. The normalized spacial score (nSPS) is 12.2. The van der Waals surface area contributed by atoms with Gasteiger partial charge < -0.3 is 94.7 Å². The van der Waals surface area contributed by atoms with Crippen molar-refractivity contribution in [3.05, 3.63) is 0 Å². The molecule has 0 aromatic rings. The number of aliphatic carboxylic acids is 1. The van der Waals surface area contributed by atoms with Gasteiger partial charge in [-0.3, -0.25) is 14.4 Å². The first-order chi connectivity index (χ1) is 35.1. The third-order valence-corrected chi connectivity index (χ3v) is 9.51. The Hall–Kier alpha value is -2.89. The summed E-state index contributed by atoms with van der Waals surface area (Å²) in [5, 5.41) is 64.1. The number of nitrogens with two attached hydrogens (primary N) is 1. The summed E-state index contributed by atoms with van der Waals surface area (Å²) in [5.41, 5.74) is 0.431. The molecule has 3 unspecified atom stereocenters. The Bertz CT molecular complexity index is 1670. The number of alkyl halides is 8. The molecular formula is C38H60Cl9N3O26. The highest BCUT2D eigenvalue weighted by molar-refractivity contribution is 6.75. The number of methoxy groups -OCH3 is 3. The van der Waals surface area contributed by atoms with Crippen molar-refractivity contribution in [1.82, 2.24) is 10.6 Å². The van der Waals surface area contributed by atoms with E-state index in [4.69, 9.17) is 170 Å². The van der Waals surface area contributed by atoms with E-state index in [0.29, 0.717) is 0 Å². The van der Waals surface area contributed by atoms with Crippen LogP contribution in [0.15, 0.2) is 0 Å². The molecule has 2 amide bonds. The summed E-state index contributed by atoms with van der Waals surface area (Å²) in [5.74, 6) is -8.59. The molecule has 0 aromatic carbocycles. The van der Waals surface area contributed by atoms with Gasteiger partial charge in [-0.15, -0.1) is 0 Å². The van der Waals surface area contributed by atoms with Gasteiger partial charge in [0.2, 0.25) is 14.5 Å². The van der Waals surface area contributed by atoms with Crippen LogP contribution in [0.4, 0.5) is 0 Å². The van der Waals surface area contributed by atoms with Crippen LogP contribution in [0.5, 0.6) is 0 Å². The molecule has 0 radical (unpaired) electrons. The lowest BCUT2D eigenvalue weighted by Crippen LogP contribution is -2.61. The molecule has 0 aromatic heterocycles. The Labute approximate surface area is 479 Å². The number of carboxylic acid groups (broad SMARTS) is 1. The Balaban J connectivity index is -0.000000323. The molecule has 38 heteroatoms. The van der Waals surface area contributed by atoms with E-state index in [1.807, 2.05) is 0 Å². The minimum absolute atomic E-state index is 0.225. The number of carbonyl (C=O) groups excluding carboxylic acids is 9. The van der Waals surface area contributed by atoms with Crippen LogP contribution in [0.25, 0.3) is 0 Å². The number of amides is 2. The zero-order chi connectivity index (χ0) is 60.6. The smallest absolute Gasteiger partial charge is 0.344 e. The molecule has 0 aliphatic rings. The number of carbonyl (C=O) groups is 10. The molecule has 0 saturated carbocycles. The minimum Gasteiger partial charge on any atom is -0.479 e. The van der Waals surface area contributed by atoms with Gasteiger partial charge in [-0.25, -0.2) is 33.6 Å². The second-order valence-electron chi connectivity index (χ2n) is 14.2. The second-order valence-corrected chi connectivity index (χ2v) is 19.0. The van der Waals surface area contributed by atoms with Crippen LogP contribution >= 0.6 is 104 Å². The third kappa shape index (κ3) is 41.2. The van der Waals surface area contributed by atoms with E-state index >= 15 is 0 Å². The fourth-order valence-electron chi connectivity index (χ4n) is 3.40. The van der Waals surface area contributed by atoms with E-state index in [9.17, 15) is 47.9 Å². The van der Waals surface area contributed by atoms with Gasteiger partial charge in [0.1, 0.15) is 50.7 Å². The summed E-state index contributed by atoms with van der Waals surface area (Å²) in [6, 6.07) is 0. The van der Waals surface area contributed by atoms with Crippen molar-refractivity contribution in [3.8, 4) is 0 Å². The summed E-state index contributed by atoms with van der Waals surface area (Å²) in [7, 11) is 3.87. The van der Waals surface area contributed by atoms with Crippen LogP contribution in [0.1, 0.15) is 20.8 Å². The van der Waals surface area contributed by atoms with E-state index in [2.05, 4.69) is 29.6 Å². The summed E-state index contributed by atoms with van der Waals surface area (Å²) in [6.07, 6.45) is -3.65. The second kappa shape index (κ2) is 45.9. The van der Waals surface area contributed by atoms with Crippen LogP contribution in [-0.4, -0.2) is 249 Å². The molecule has 0 rings (SSSR count). The quantitative estimate of drug-likeness (QED) is 0.0157. The van der Waals surface area contributed by atoms with Crippen molar-refractivity contribution in [2.45, 2.75) is 75.0 Å². The average Bonchev–Trinajstić information content (AvgIpc) is 3.35. The molecular weight excluding hydrogens is 1230 g/mol. The number of ether oxygens (including phenoxy) is 9. The van der Waals surface area contributed by atoms with Gasteiger partial charge in [0.15, 0.2) is 23.1 Å². The molecule has 0 saturated heterocycles. The summed E-state index contributed by atoms with van der Waals surface area (Å²) in [4.78, 5) is 106. The number of aliphatic hydroxyl groups is 6. The fourth-order valence-corrected chi connectivity index (χ4v) is 3.78. The van der Waals surface area contributed by atoms with E-state index in [0.717, 1.165) is 0 Å². The van der Waals surface area contributed by atoms with Crippen LogP contribution < -0.4 is 16.4 Å². The van der Waals surface area contributed by atoms with Gasteiger partial charge in [-0.1, -0.05) is 92.8 Å². The average molecular weight is 1290 g/mol. The number of aliphatic hydroxyl groups excluding tert-OH is 6. The maximum atomic E-state index is 12.6. The maximum absolute atomic E-state index is 12.6. The molecule has 446 valence electrons. The Morgan fingerprint density at radius 3 is 0.895 bits per heavy atom. The van der Waals surface area contributed by atoms with Gasteiger partial charge >= 0.3 is 41.8 Å². The van der Waals surface area contributed by atoms with Crippen molar-refractivity contribution < 1.29 is 126 Å². The predicted octanol–water partition coefficient (Wildman–Crippen LogP) is -2.28. The van der Waals surface area contributed by atoms with Crippen molar-refractivity contribution in [2.24, 2.45) is 5.73 Å². The zero-order valence-corrected chi connectivity index (χ0v) is 47.7.